The Balaban J connectivity index is 1.57. The minimum absolute atomic E-state index is 0.225. The first kappa shape index (κ1) is 14.7. The quantitative estimate of drug-likeness (QED) is 0.576. The third-order valence-corrected chi connectivity index (χ3v) is 5.16. The molecular weight excluding hydrogens is 315 g/mol. The molecule has 0 bridgehead atoms. The molecule has 0 spiro atoms. The number of hydrogen-bond donors (Lipinski definition) is 2. The Kier molecular flexibility index (Phi) is 3.35. The number of hydrogen-bond acceptors (Lipinski definition) is 2. The number of rotatable bonds is 2. The topological polar surface area (TPSA) is 45.6 Å². The molecule has 0 amide bonds. The van der Waals surface area contributed by atoms with E-state index in [4.69, 9.17) is 5.10 Å². The summed E-state index contributed by atoms with van der Waals surface area (Å²) in [6.07, 6.45) is 6.33. The summed E-state index contributed by atoms with van der Waals surface area (Å²) in [4.78, 5) is 3.16. The van der Waals surface area contributed by atoms with Crippen LogP contribution < -0.4 is 5.32 Å². The number of halogens is 1. The molecule has 126 valence electrons. The van der Waals surface area contributed by atoms with Crippen molar-refractivity contribution in [2.45, 2.75) is 18.9 Å². The van der Waals surface area contributed by atoms with Gasteiger partial charge in [-0.25, -0.2) is 4.39 Å². The van der Waals surface area contributed by atoms with Crippen molar-refractivity contribution in [1.82, 2.24) is 20.1 Å². The largest absolute Gasteiger partial charge is 0.360 e. The predicted molar refractivity (Wildman–Crippen MR) is 98.1 cm³/mol. The first-order valence-electron chi connectivity index (χ1n) is 8.74. The van der Waals surface area contributed by atoms with E-state index in [0.29, 0.717) is 6.04 Å². The molecule has 0 aliphatic carbocycles. The molecule has 4 aromatic rings. The maximum Gasteiger partial charge on any atom is 0.125 e. The van der Waals surface area contributed by atoms with Gasteiger partial charge >= 0.3 is 0 Å². The molecule has 1 aliphatic heterocycles. The Labute approximate surface area is 144 Å². The van der Waals surface area contributed by atoms with Gasteiger partial charge in [-0.3, -0.25) is 4.68 Å². The molecule has 0 saturated carbocycles. The van der Waals surface area contributed by atoms with Crippen LogP contribution >= 0.6 is 0 Å². The van der Waals surface area contributed by atoms with Crippen LogP contribution in [0.1, 0.15) is 18.9 Å². The van der Waals surface area contributed by atoms with Crippen molar-refractivity contribution in [1.29, 1.82) is 0 Å². The minimum atomic E-state index is -0.225. The number of fused-ring (bicyclic) bond motifs is 2. The van der Waals surface area contributed by atoms with Gasteiger partial charge in [0.2, 0.25) is 0 Å². The molecule has 4 nitrogen and oxygen atoms in total. The van der Waals surface area contributed by atoms with Crippen LogP contribution in [0.15, 0.2) is 48.8 Å². The maximum absolute atomic E-state index is 13.4. The van der Waals surface area contributed by atoms with Gasteiger partial charge in [-0.15, -0.1) is 0 Å². The van der Waals surface area contributed by atoms with Crippen LogP contribution in [0.4, 0.5) is 4.39 Å². The van der Waals surface area contributed by atoms with Gasteiger partial charge < -0.3 is 10.3 Å². The molecule has 2 aromatic carbocycles. The average Bonchev–Trinajstić information content (AvgIpc) is 3.25. The lowest BCUT2D eigenvalue weighted by molar-refractivity contribution is 0.345. The van der Waals surface area contributed by atoms with E-state index in [1.54, 1.807) is 0 Å². The van der Waals surface area contributed by atoms with E-state index in [-0.39, 0.29) is 5.82 Å². The zero-order valence-electron chi connectivity index (χ0n) is 13.8. The highest BCUT2D eigenvalue weighted by Crippen LogP contribution is 2.31. The van der Waals surface area contributed by atoms with E-state index in [1.807, 2.05) is 12.3 Å². The van der Waals surface area contributed by atoms with Gasteiger partial charge in [0.15, 0.2) is 0 Å². The lowest BCUT2D eigenvalue weighted by Crippen LogP contribution is -2.29. The number of aromatic nitrogens is 3. The maximum atomic E-state index is 13.4. The van der Waals surface area contributed by atoms with E-state index in [0.717, 1.165) is 58.9 Å². The summed E-state index contributed by atoms with van der Waals surface area (Å²) in [5, 5.41) is 10.4. The number of piperidine rings is 1. The highest BCUT2D eigenvalue weighted by molar-refractivity contribution is 5.97. The number of nitrogens with one attached hydrogen (secondary N) is 2. The molecule has 3 heterocycles. The summed E-state index contributed by atoms with van der Waals surface area (Å²) in [5.41, 5.74) is 4.00. The van der Waals surface area contributed by atoms with Crippen molar-refractivity contribution in [2.75, 3.05) is 13.1 Å². The van der Waals surface area contributed by atoms with Crippen LogP contribution in [-0.4, -0.2) is 27.9 Å². The predicted octanol–water partition coefficient (Wildman–Crippen LogP) is 4.25. The van der Waals surface area contributed by atoms with Crippen molar-refractivity contribution < 1.29 is 4.39 Å². The number of aromatic amines is 1. The van der Waals surface area contributed by atoms with Gasteiger partial charge in [0.25, 0.3) is 0 Å². The fraction of sp³-hybridized carbons (Fsp3) is 0.250. The second kappa shape index (κ2) is 5.70. The summed E-state index contributed by atoms with van der Waals surface area (Å²) in [6, 6.07) is 11.7. The molecule has 1 aliphatic rings. The average molecular weight is 334 g/mol. The highest BCUT2D eigenvalue weighted by atomic mass is 19.1. The van der Waals surface area contributed by atoms with Crippen LogP contribution in [0.25, 0.3) is 32.9 Å². The first-order chi connectivity index (χ1) is 12.3. The second-order valence-electron chi connectivity index (χ2n) is 6.76. The minimum Gasteiger partial charge on any atom is -0.360 e. The third kappa shape index (κ3) is 2.51. The lowest BCUT2D eigenvalue weighted by Gasteiger charge is -2.22. The normalized spacial score (nSPS) is 16.0. The summed E-state index contributed by atoms with van der Waals surface area (Å²) >= 11 is 0. The molecule has 5 heteroatoms. The van der Waals surface area contributed by atoms with Crippen molar-refractivity contribution in [3.63, 3.8) is 0 Å². The molecular formula is C20H19FN4. The Hall–Kier alpha value is -2.66. The summed E-state index contributed by atoms with van der Waals surface area (Å²) in [5.74, 6) is -0.225. The molecule has 0 radical (unpaired) electrons. The van der Waals surface area contributed by atoms with Crippen molar-refractivity contribution in [3.8, 4) is 11.1 Å². The fourth-order valence-electron chi connectivity index (χ4n) is 3.80. The summed E-state index contributed by atoms with van der Waals surface area (Å²) < 4.78 is 15.5. The van der Waals surface area contributed by atoms with Gasteiger partial charge in [-0.1, -0.05) is 12.1 Å². The lowest BCUT2D eigenvalue weighted by atomic mass is 10.0. The Morgan fingerprint density at radius 2 is 1.96 bits per heavy atom. The van der Waals surface area contributed by atoms with Gasteiger partial charge in [0.05, 0.1) is 11.6 Å². The monoisotopic (exact) mass is 334 g/mol. The molecule has 1 saturated heterocycles. The number of nitrogens with zero attached hydrogens (tertiary/aromatic N) is 2. The van der Waals surface area contributed by atoms with Crippen molar-refractivity contribution in [3.05, 3.63) is 54.6 Å². The second-order valence-corrected chi connectivity index (χ2v) is 6.76. The summed E-state index contributed by atoms with van der Waals surface area (Å²) in [7, 11) is 0. The zero-order valence-corrected chi connectivity index (χ0v) is 13.8. The fourth-order valence-corrected chi connectivity index (χ4v) is 3.80. The molecule has 5 rings (SSSR count). The standard InChI is InChI=1S/C20H19FN4/c21-15-3-4-17-18(11-23-20(17)10-15)13-1-2-14-12-25(24-19(14)9-13)16-5-7-22-8-6-16/h1-4,9-12,16,22-23H,5-8H2. The van der Waals surface area contributed by atoms with E-state index in [2.05, 4.69) is 39.4 Å². The van der Waals surface area contributed by atoms with Gasteiger partial charge in [-0.2, -0.15) is 5.10 Å². The zero-order chi connectivity index (χ0) is 16.8. The Morgan fingerprint density at radius 3 is 2.84 bits per heavy atom. The molecule has 0 unspecified atom stereocenters. The Morgan fingerprint density at radius 1 is 1.08 bits per heavy atom. The smallest absolute Gasteiger partial charge is 0.125 e. The van der Waals surface area contributed by atoms with E-state index >= 15 is 0 Å². The van der Waals surface area contributed by atoms with Crippen LogP contribution in [0.3, 0.4) is 0 Å². The van der Waals surface area contributed by atoms with Crippen molar-refractivity contribution in [2.24, 2.45) is 0 Å². The van der Waals surface area contributed by atoms with Crippen molar-refractivity contribution >= 4 is 21.8 Å². The number of H-pyrrole nitrogens is 1. The SMILES string of the molecule is Fc1ccc2c(-c3ccc4cn(C5CCNCC5)nc4c3)c[nH]c2c1. The Bertz CT molecular complexity index is 1060. The third-order valence-electron chi connectivity index (χ3n) is 5.16. The number of benzene rings is 2. The van der Waals surface area contributed by atoms with Gasteiger partial charge in [0, 0.05) is 34.2 Å². The first-order valence-corrected chi connectivity index (χ1v) is 8.74. The molecule has 2 aromatic heterocycles. The van der Waals surface area contributed by atoms with Crippen LogP contribution in [0, 0.1) is 5.82 Å². The van der Waals surface area contributed by atoms with E-state index < -0.39 is 0 Å². The van der Waals surface area contributed by atoms with Gasteiger partial charge in [0.1, 0.15) is 5.82 Å². The highest BCUT2D eigenvalue weighted by Gasteiger charge is 2.16. The van der Waals surface area contributed by atoms with E-state index in [1.165, 1.54) is 12.1 Å². The summed E-state index contributed by atoms with van der Waals surface area (Å²) in [6.45, 7) is 2.11. The molecule has 2 N–H and O–H groups in total. The van der Waals surface area contributed by atoms with Crippen LogP contribution in [0.5, 0.6) is 0 Å². The molecule has 25 heavy (non-hydrogen) atoms. The van der Waals surface area contributed by atoms with Gasteiger partial charge in [-0.05, 0) is 55.8 Å². The molecule has 1 fully saturated rings. The van der Waals surface area contributed by atoms with Crippen LogP contribution in [-0.2, 0) is 0 Å². The van der Waals surface area contributed by atoms with Crippen LogP contribution in [0.2, 0.25) is 0 Å². The molecule has 0 atom stereocenters. The van der Waals surface area contributed by atoms with E-state index in [9.17, 15) is 4.39 Å².